The second kappa shape index (κ2) is 6.45. The van der Waals surface area contributed by atoms with Gasteiger partial charge in [-0.3, -0.25) is 9.89 Å². The Bertz CT molecular complexity index is 993. The molecule has 0 aliphatic carbocycles. The number of sulfone groups is 1. The number of benzene rings is 2. The molecule has 0 bridgehead atoms. The summed E-state index contributed by atoms with van der Waals surface area (Å²) in [5, 5.41) is 10.4. The molecular formula is C17H17N3O3S. The Labute approximate surface area is 139 Å². The van der Waals surface area contributed by atoms with Crippen LogP contribution in [0.25, 0.3) is 10.9 Å². The Morgan fingerprint density at radius 2 is 2.00 bits per heavy atom. The number of amides is 1. The van der Waals surface area contributed by atoms with Crippen molar-refractivity contribution in [2.45, 2.75) is 18.2 Å². The van der Waals surface area contributed by atoms with Crippen LogP contribution in [0.1, 0.15) is 23.7 Å². The van der Waals surface area contributed by atoms with Crippen molar-refractivity contribution in [3.8, 4) is 0 Å². The molecule has 0 aliphatic heterocycles. The quantitative estimate of drug-likeness (QED) is 0.745. The highest BCUT2D eigenvalue weighted by Gasteiger charge is 2.21. The summed E-state index contributed by atoms with van der Waals surface area (Å²) in [6.07, 6.45) is 2.18. The van der Waals surface area contributed by atoms with Gasteiger partial charge in [-0.15, -0.1) is 0 Å². The van der Waals surface area contributed by atoms with E-state index in [4.69, 9.17) is 0 Å². The fourth-order valence-electron chi connectivity index (χ4n) is 2.52. The normalized spacial score (nSPS) is 11.5. The molecule has 0 unspecified atom stereocenters. The Balaban J connectivity index is 1.93. The highest BCUT2D eigenvalue weighted by molar-refractivity contribution is 7.91. The lowest BCUT2D eigenvalue weighted by Gasteiger charge is -2.10. The highest BCUT2D eigenvalue weighted by atomic mass is 32.2. The second-order valence-electron chi connectivity index (χ2n) is 5.44. The standard InChI is InChI=1S/C17H17N3O3S/c1-2-9-24(22,23)16-6-4-3-5-14(16)17(21)19-13-8-7-12-11-18-20-15(12)10-13/h3-8,10-11H,2,9H2,1H3,(H,18,20)(H,19,21). The topological polar surface area (TPSA) is 91.9 Å². The highest BCUT2D eigenvalue weighted by Crippen LogP contribution is 2.21. The first kappa shape index (κ1) is 16.2. The molecule has 124 valence electrons. The van der Waals surface area contributed by atoms with Crippen molar-refractivity contribution in [3.05, 3.63) is 54.2 Å². The number of carbonyl (C=O) groups excluding carboxylic acids is 1. The maximum Gasteiger partial charge on any atom is 0.256 e. The molecule has 0 spiro atoms. The van der Waals surface area contributed by atoms with Crippen molar-refractivity contribution >= 4 is 32.3 Å². The Morgan fingerprint density at radius 3 is 2.79 bits per heavy atom. The number of nitrogens with zero attached hydrogens (tertiary/aromatic N) is 1. The van der Waals surface area contributed by atoms with Gasteiger partial charge < -0.3 is 5.32 Å². The molecule has 2 aromatic carbocycles. The van der Waals surface area contributed by atoms with Gasteiger partial charge in [-0.25, -0.2) is 8.42 Å². The molecular weight excluding hydrogens is 326 g/mol. The number of nitrogens with one attached hydrogen (secondary N) is 2. The van der Waals surface area contributed by atoms with Crippen LogP contribution in [0, 0.1) is 0 Å². The number of anilines is 1. The predicted molar refractivity (Wildman–Crippen MR) is 92.8 cm³/mol. The third-order valence-corrected chi connectivity index (χ3v) is 5.61. The molecule has 3 aromatic rings. The van der Waals surface area contributed by atoms with Gasteiger partial charge in [-0.1, -0.05) is 19.1 Å². The van der Waals surface area contributed by atoms with E-state index in [1.807, 2.05) is 6.07 Å². The minimum absolute atomic E-state index is 0.0113. The van der Waals surface area contributed by atoms with E-state index in [0.29, 0.717) is 12.1 Å². The molecule has 0 aliphatic rings. The van der Waals surface area contributed by atoms with Gasteiger partial charge in [0.05, 0.1) is 27.9 Å². The number of hydrogen-bond acceptors (Lipinski definition) is 4. The van der Waals surface area contributed by atoms with Gasteiger partial charge >= 0.3 is 0 Å². The number of fused-ring (bicyclic) bond motifs is 1. The molecule has 0 radical (unpaired) electrons. The zero-order chi connectivity index (χ0) is 17.2. The summed E-state index contributed by atoms with van der Waals surface area (Å²) in [6, 6.07) is 11.6. The van der Waals surface area contributed by atoms with E-state index in [1.54, 1.807) is 37.4 Å². The van der Waals surface area contributed by atoms with Crippen LogP contribution in [-0.4, -0.2) is 30.3 Å². The third kappa shape index (κ3) is 3.16. The molecule has 1 aromatic heterocycles. The lowest BCUT2D eigenvalue weighted by molar-refractivity contribution is 0.102. The number of hydrogen-bond donors (Lipinski definition) is 2. The number of aromatic amines is 1. The monoisotopic (exact) mass is 343 g/mol. The SMILES string of the molecule is CCCS(=O)(=O)c1ccccc1C(=O)Nc1ccc2cn[nH]c2c1. The minimum Gasteiger partial charge on any atom is -0.322 e. The maximum absolute atomic E-state index is 12.6. The fourth-order valence-corrected chi connectivity index (χ4v) is 4.06. The molecule has 6 nitrogen and oxygen atoms in total. The third-order valence-electron chi connectivity index (χ3n) is 3.64. The number of carbonyl (C=O) groups is 1. The van der Waals surface area contributed by atoms with E-state index in [9.17, 15) is 13.2 Å². The van der Waals surface area contributed by atoms with Gasteiger partial charge in [0.2, 0.25) is 0 Å². The molecule has 0 atom stereocenters. The van der Waals surface area contributed by atoms with Crippen molar-refractivity contribution in [3.63, 3.8) is 0 Å². The maximum atomic E-state index is 12.6. The molecule has 3 rings (SSSR count). The zero-order valence-corrected chi connectivity index (χ0v) is 13.9. The molecule has 0 fully saturated rings. The van der Waals surface area contributed by atoms with Crippen molar-refractivity contribution in [2.24, 2.45) is 0 Å². The Morgan fingerprint density at radius 1 is 1.21 bits per heavy atom. The van der Waals surface area contributed by atoms with E-state index < -0.39 is 15.7 Å². The first-order valence-corrected chi connectivity index (χ1v) is 9.23. The van der Waals surface area contributed by atoms with Crippen LogP contribution in [0.15, 0.2) is 53.6 Å². The largest absolute Gasteiger partial charge is 0.322 e. The molecule has 0 saturated carbocycles. The van der Waals surface area contributed by atoms with Crippen LogP contribution >= 0.6 is 0 Å². The number of aromatic nitrogens is 2. The Hall–Kier alpha value is -2.67. The molecule has 24 heavy (non-hydrogen) atoms. The van der Waals surface area contributed by atoms with E-state index in [1.165, 1.54) is 12.1 Å². The van der Waals surface area contributed by atoms with Gasteiger partial charge in [-0.05, 0) is 36.8 Å². The van der Waals surface area contributed by atoms with Crippen LogP contribution in [0.4, 0.5) is 5.69 Å². The van der Waals surface area contributed by atoms with Crippen molar-refractivity contribution < 1.29 is 13.2 Å². The Kier molecular flexibility index (Phi) is 4.35. The summed E-state index contributed by atoms with van der Waals surface area (Å²) in [5.41, 5.74) is 1.51. The van der Waals surface area contributed by atoms with Gasteiger partial charge in [0.1, 0.15) is 0 Å². The van der Waals surface area contributed by atoms with Gasteiger partial charge in [0.15, 0.2) is 9.84 Å². The smallest absolute Gasteiger partial charge is 0.256 e. The minimum atomic E-state index is -3.48. The summed E-state index contributed by atoms with van der Waals surface area (Å²) in [7, 11) is -3.48. The zero-order valence-electron chi connectivity index (χ0n) is 13.1. The van der Waals surface area contributed by atoms with Gasteiger partial charge in [0, 0.05) is 11.1 Å². The average Bonchev–Trinajstić information content (AvgIpc) is 3.02. The van der Waals surface area contributed by atoms with Crippen LogP contribution in [0.3, 0.4) is 0 Å². The van der Waals surface area contributed by atoms with Crippen molar-refractivity contribution in [2.75, 3.05) is 11.1 Å². The van der Waals surface area contributed by atoms with E-state index >= 15 is 0 Å². The van der Waals surface area contributed by atoms with Crippen LogP contribution in [0.5, 0.6) is 0 Å². The first-order chi connectivity index (χ1) is 11.5. The van der Waals surface area contributed by atoms with Gasteiger partial charge in [0.25, 0.3) is 5.91 Å². The second-order valence-corrected chi connectivity index (χ2v) is 7.52. The molecule has 1 amide bonds. The lowest BCUT2D eigenvalue weighted by Crippen LogP contribution is -2.17. The predicted octanol–water partition coefficient (Wildman–Crippen LogP) is 3.00. The van der Waals surface area contributed by atoms with E-state index in [0.717, 1.165) is 10.9 Å². The summed E-state index contributed by atoms with van der Waals surface area (Å²) >= 11 is 0. The summed E-state index contributed by atoms with van der Waals surface area (Å²) in [4.78, 5) is 12.6. The van der Waals surface area contributed by atoms with Crippen LogP contribution in [-0.2, 0) is 9.84 Å². The first-order valence-electron chi connectivity index (χ1n) is 7.57. The lowest BCUT2D eigenvalue weighted by atomic mass is 10.2. The fraction of sp³-hybridized carbons (Fsp3) is 0.176. The molecule has 1 heterocycles. The molecule has 7 heteroatoms. The molecule has 0 saturated heterocycles. The molecule has 2 N–H and O–H groups in total. The van der Waals surface area contributed by atoms with Crippen LogP contribution in [0.2, 0.25) is 0 Å². The average molecular weight is 343 g/mol. The van der Waals surface area contributed by atoms with Crippen molar-refractivity contribution in [1.82, 2.24) is 10.2 Å². The van der Waals surface area contributed by atoms with Gasteiger partial charge in [-0.2, -0.15) is 5.10 Å². The number of rotatable bonds is 5. The van der Waals surface area contributed by atoms with E-state index in [2.05, 4.69) is 15.5 Å². The van der Waals surface area contributed by atoms with Crippen molar-refractivity contribution in [1.29, 1.82) is 0 Å². The summed E-state index contributed by atoms with van der Waals surface area (Å²) in [6.45, 7) is 1.79. The number of H-pyrrole nitrogens is 1. The van der Waals surface area contributed by atoms with Crippen LogP contribution < -0.4 is 5.32 Å². The summed E-state index contributed by atoms with van der Waals surface area (Å²) < 4.78 is 24.7. The summed E-state index contributed by atoms with van der Waals surface area (Å²) in [5.74, 6) is -0.443. The van der Waals surface area contributed by atoms with E-state index in [-0.39, 0.29) is 16.2 Å².